The van der Waals surface area contributed by atoms with Crippen LogP contribution in [-0.4, -0.2) is 62.6 Å². The van der Waals surface area contributed by atoms with Crippen molar-refractivity contribution < 1.29 is 40.9 Å². The zero-order valence-corrected chi connectivity index (χ0v) is 11.6. The van der Waals surface area contributed by atoms with Crippen LogP contribution in [0, 0.1) is 0 Å². The quantitative estimate of drug-likeness (QED) is 0.185. The van der Waals surface area contributed by atoms with Crippen molar-refractivity contribution in [3.63, 3.8) is 0 Å². The lowest BCUT2D eigenvalue weighted by Gasteiger charge is -2.28. The van der Waals surface area contributed by atoms with E-state index in [0.717, 1.165) is 11.5 Å². The summed E-state index contributed by atoms with van der Waals surface area (Å²) >= 11 is 0. The molecule has 2 atom stereocenters. The summed E-state index contributed by atoms with van der Waals surface area (Å²) in [6.07, 6.45) is -3.58. The lowest BCUT2D eigenvalue weighted by atomic mass is 10.1. The first-order valence-electron chi connectivity index (χ1n) is 6.15. The smallest absolute Gasteiger partial charge is 0.253 e. The molecule has 0 saturated carbocycles. The van der Waals surface area contributed by atoms with E-state index < -0.39 is 52.3 Å². The molecule has 10 heteroatoms. The molecule has 10 nitrogen and oxygen atoms in total. The molecular formula is C12H16N2O8. The van der Waals surface area contributed by atoms with E-state index in [-0.39, 0.29) is 5.52 Å². The Hall–Kier alpha value is -2.27. The molecule has 2 rings (SSSR count). The van der Waals surface area contributed by atoms with Gasteiger partial charge in [-0.2, -0.15) is 0 Å². The molecule has 0 bridgehead atoms. The van der Waals surface area contributed by atoms with Crippen molar-refractivity contribution in [3.8, 4) is 23.0 Å². The molecule has 0 aliphatic rings. The molecule has 1 heterocycles. The molecule has 2 unspecified atom stereocenters. The average molecular weight is 316 g/mol. The summed E-state index contributed by atoms with van der Waals surface area (Å²) < 4.78 is 0.884. The summed E-state index contributed by atoms with van der Waals surface area (Å²) in [5, 5.41) is 77.5. The SMILES string of the molecule is CC(O)C(O)C(O)(O)c1nc2c(O)c(O)c(O)c(O)c2n1C. The molecule has 122 valence electrons. The summed E-state index contributed by atoms with van der Waals surface area (Å²) in [6, 6.07) is 0. The summed E-state index contributed by atoms with van der Waals surface area (Å²) in [5.41, 5.74) is -0.747. The monoisotopic (exact) mass is 316 g/mol. The van der Waals surface area contributed by atoms with E-state index in [4.69, 9.17) is 0 Å². The van der Waals surface area contributed by atoms with Gasteiger partial charge in [-0.1, -0.05) is 0 Å². The standard InChI is InChI=1S/C12H16N2O8/c1-3(15)10(20)12(21,22)11-13-4-5(14(11)2)7(17)9(19)8(18)6(4)16/h3,10,15-22H,1-2H3. The number of benzene rings is 1. The number of hydrogen-bond donors (Lipinski definition) is 8. The Kier molecular flexibility index (Phi) is 3.57. The molecule has 0 radical (unpaired) electrons. The summed E-state index contributed by atoms with van der Waals surface area (Å²) in [5.74, 6) is -7.45. The van der Waals surface area contributed by atoms with Crippen LogP contribution in [0.2, 0.25) is 0 Å². The van der Waals surface area contributed by atoms with Gasteiger partial charge in [-0.05, 0) is 6.92 Å². The van der Waals surface area contributed by atoms with Gasteiger partial charge in [0.05, 0.1) is 6.10 Å². The molecule has 0 fully saturated rings. The van der Waals surface area contributed by atoms with Gasteiger partial charge in [0.2, 0.25) is 11.5 Å². The number of fused-ring (bicyclic) bond motifs is 1. The van der Waals surface area contributed by atoms with Gasteiger partial charge in [0.15, 0.2) is 17.3 Å². The third kappa shape index (κ3) is 2.01. The van der Waals surface area contributed by atoms with Crippen LogP contribution in [0.4, 0.5) is 0 Å². The van der Waals surface area contributed by atoms with Crippen molar-refractivity contribution in [2.45, 2.75) is 24.9 Å². The minimum atomic E-state index is -3.02. The lowest BCUT2D eigenvalue weighted by molar-refractivity contribution is -0.259. The first-order chi connectivity index (χ1) is 10.0. The van der Waals surface area contributed by atoms with E-state index in [1.54, 1.807) is 0 Å². The van der Waals surface area contributed by atoms with Gasteiger partial charge >= 0.3 is 0 Å². The first-order valence-corrected chi connectivity index (χ1v) is 6.15. The maximum absolute atomic E-state index is 10.0. The van der Waals surface area contributed by atoms with E-state index in [9.17, 15) is 40.9 Å². The van der Waals surface area contributed by atoms with Crippen molar-refractivity contribution in [2.24, 2.45) is 7.05 Å². The maximum Gasteiger partial charge on any atom is 0.253 e. The second kappa shape index (κ2) is 4.88. The zero-order valence-electron chi connectivity index (χ0n) is 11.6. The Labute approximate surface area is 123 Å². The van der Waals surface area contributed by atoms with Crippen LogP contribution in [0.5, 0.6) is 23.0 Å². The number of aliphatic hydroxyl groups is 4. The third-order valence-corrected chi connectivity index (χ3v) is 3.42. The number of rotatable bonds is 3. The van der Waals surface area contributed by atoms with Crippen LogP contribution in [0.1, 0.15) is 12.7 Å². The summed E-state index contributed by atoms with van der Waals surface area (Å²) in [7, 11) is 1.20. The number of aromatic hydroxyl groups is 4. The van der Waals surface area contributed by atoms with Crippen LogP contribution in [-0.2, 0) is 12.8 Å². The number of hydrogen-bond acceptors (Lipinski definition) is 9. The molecule has 1 aromatic carbocycles. The van der Waals surface area contributed by atoms with Crippen molar-refractivity contribution in [2.75, 3.05) is 0 Å². The highest BCUT2D eigenvalue weighted by Gasteiger charge is 2.43. The summed E-state index contributed by atoms with van der Waals surface area (Å²) in [4.78, 5) is 3.66. The number of phenolic OH excluding ortho intramolecular Hbond substituents is 4. The number of aromatic nitrogens is 2. The second-order valence-electron chi connectivity index (χ2n) is 5.00. The molecule has 2 aromatic rings. The van der Waals surface area contributed by atoms with Crippen molar-refractivity contribution in [1.82, 2.24) is 9.55 Å². The van der Waals surface area contributed by atoms with Crippen molar-refractivity contribution in [3.05, 3.63) is 5.82 Å². The zero-order chi connectivity index (χ0) is 17.0. The Morgan fingerprint density at radius 2 is 1.45 bits per heavy atom. The van der Waals surface area contributed by atoms with Crippen LogP contribution in [0.15, 0.2) is 0 Å². The first kappa shape index (κ1) is 16.1. The number of aryl methyl sites for hydroxylation is 1. The van der Waals surface area contributed by atoms with Crippen LogP contribution < -0.4 is 0 Å². The van der Waals surface area contributed by atoms with E-state index in [1.165, 1.54) is 7.05 Å². The van der Waals surface area contributed by atoms with Gasteiger partial charge in [0, 0.05) is 7.05 Å². The Balaban J connectivity index is 2.82. The van der Waals surface area contributed by atoms with Crippen molar-refractivity contribution >= 4 is 11.0 Å². The lowest BCUT2D eigenvalue weighted by Crippen LogP contribution is -2.47. The topological polar surface area (TPSA) is 180 Å². The normalized spacial score (nSPS) is 15.2. The van der Waals surface area contributed by atoms with Gasteiger partial charge in [-0.15, -0.1) is 0 Å². The second-order valence-corrected chi connectivity index (χ2v) is 5.00. The van der Waals surface area contributed by atoms with E-state index >= 15 is 0 Å². The molecule has 1 aromatic heterocycles. The Morgan fingerprint density at radius 1 is 0.955 bits per heavy atom. The largest absolute Gasteiger partial charge is 0.503 e. The van der Waals surface area contributed by atoms with Gasteiger partial charge in [-0.3, -0.25) is 0 Å². The molecule has 0 spiro atoms. The molecule has 8 N–H and O–H groups in total. The van der Waals surface area contributed by atoms with Gasteiger partial charge < -0.3 is 45.4 Å². The number of aliphatic hydroxyl groups excluding tert-OH is 2. The Bertz CT molecular complexity index is 737. The number of nitrogens with zero attached hydrogens (tertiary/aromatic N) is 2. The van der Waals surface area contributed by atoms with Crippen molar-refractivity contribution in [1.29, 1.82) is 0 Å². The van der Waals surface area contributed by atoms with Crippen LogP contribution in [0.3, 0.4) is 0 Å². The number of phenols is 4. The van der Waals surface area contributed by atoms with Gasteiger partial charge in [0.25, 0.3) is 5.79 Å². The maximum atomic E-state index is 10.0. The molecule has 0 amide bonds. The third-order valence-electron chi connectivity index (χ3n) is 3.42. The fraction of sp³-hybridized carbons (Fsp3) is 0.417. The number of imidazole rings is 1. The molecule has 0 aliphatic carbocycles. The highest BCUT2D eigenvalue weighted by molar-refractivity contribution is 5.93. The minimum Gasteiger partial charge on any atom is -0.503 e. The molecule has 22 heavy (non-hydrogen) atoms. The summed E-state index contributed by atoms with van der Waals surface area (Å²) in [6.45, 7) is 1.11. The van der Waals surface area contributed by atoms with Gasteiger partial charge in [0.1, 0.15) is 17.1 Å². The van der Waals surface area contributed by atoms with Gasteiger partial charge in [-0.25, -0.2) is 4.98 Å². The minimum absolute atomic E-state index is 0.312. The predicted molar refractivity (Wildman–Crippen MR) is 71.2 cm³/mol. The highest BCUT2D eigenvalue weighted by atomic mass is 16.5. The van der Waals surface area contributed by atoms with Crippen LogP contribution >= 0.6 is 0 Å². The Morgan fingerprint density at radius 3 is 1.95 bits per heavy atom. The highest BCUT2D eigenvalue weighted by Crippen LogP contribution is 2.48. The predicted octanol–water partition coefficient (Wildman–Crippen LogP) is -1.73. The average Bonchev–Trinajstić information content (AvgIpc) is 2.80. The van der Waals surface area contributed by atoms with E-state index in [0.29, 0.717) is 0 Å². The fourth-order valence-electron chi connectivity index (χ4n) is 2.18. The fourth-order valence-corrected chi connectivity index (χ4v) is 2.18. The molecule has 0 saturated heterocycles. The molecular weight excluding hydrogens is 300 g/mol. The molecule has 0 aliphatic heterocycles. The van der Waals surface area contributed by atoms with Crippen LogP contribution in [0.25, 0.3) is 11.0 Å². The van der Waals surface area contributed by atoms with E-state index in [1.807, 2.05) is 0 Å². The van der Waals surface area contributed by atoms with E-state index in [2.05, 4.69) is 4.98 Å².